The molecule has 0 aliphatic carbocycles. The first-order valence-electron chi connectivity index (χ1n) is 7.63. The molecular weight excluding hydrogens is 318 g/mol. The van der Waals surface area contributed by atoms with E-state index < -0.39 is 0 Å². The van der Waals surface area contributed by atoms with E-state index in [-0.39, 0.29) is 18.7 Å². The van der Waals surface area contributed by atoms with Gasteiger partial charge in [-0.05, 0) is 23.3 Å². The Morgan fingerprint density at radius 2 is 2.20 bits per heavy atom. The Morgan fingerprint density at radius 1 is 1.28 bits per heavy atom. The Hall–Kier alpha value is -3.73. The van der Waals surface area contributed by atoms with Crippen molar-refractivity contribution in [2.24, 2.45) is 0 Å². The quantitative estimate of drug-likeness (QED) is 0.543. The van der Waals surface area contributed by atoms with Crippen LogP contribution in [0.4, 0.5) is 0 Å². The van der Waals surface area contributed by atoms with Crippen LogP contribution in [0.15, 0.2) is 43.0 Å². The van der Waals surface area contributed by atoms with Crippen molar-refractivity contribution < 1.29 is 4.79 Å². The van der Waals surface area contributed by atoms with Crippen LogP contribution < -0.4 is 0 Å². The Kier molecular flexibility index (Phi) is 3.59. The summed E-state index contributed by atoms with van der Waals surface area (Å²) >= 11 is 0. The van der Waals surface area contributed by atoms with Crippen LogP contribution in [0.25, 0.3) is 22.0 Å². The van der Waals surface area contributed by atoms with Crippen LogP contribution in [0.2, 0.25) is 0 Å². The summed E-state index contributed by atoms with van der Waals surface area (Å²) in [6, 6.07) is 7.77. The van der Waals surface area contributed by atoms with Crippen LogP contribution in [-0.2, 0) is 13.0 Å². The summed E-state index contributed by atoms with van der Waals surface area (Å²) in [6.07, 6.45) is 7.04. The molecule has 122 valence electrons. The Bertz CT molecular complexity index is 1080. The number of Topliss-reactive ketones (excluding diaryl/α,β-unsaturated/α-hetero) is 1. The monoisotopic (exact) mass is 331 g/mol. The van der Waals surface area contributed by atoms with E-state index in [0.29, 0.717) is 5.69 Å². The summed E-state index contributed by atoms with van der Waals surface area (Å²) < 4.78 is 1.50. The highest BCUT2D eigenvalue weighted by Crippen LogP contribution is 2.24. The third-order valence-electron chi connectivity index (χ3n) is 3.94. The van der Waals surface area contributed by atoms with Crippen molar-refractivity contribution in [3.63, 3.8) is 0 Å². The first kappa shape index (κ1) is 14.8. The Labute approximate surface area is 142 Å². The van der Waals surface area contributed by atoms with Crippen LogP contribution >= 0.6 is 0 Å². The number of carbonyl (C=O) groups excluding carboxylic acids is 1. The zero-order valence-electron chi connectivity index (χ0n) is 13.1. The summed E-state index contributed by atoms with van der Waals surface area (Å²) in [5.74, 6) is -0.0983. The van der Waals surface area contributed by atoms with Crippen molar-refractivity contribution in [1.29, 1.82) is 5.26 Å². The lowest BCUT2D eigenvalue weighted by Gasteiger charge is -1.99. The second kappa shape index (κ2) is 6.05. The lowest BCUT2D eigenvalue weighted by atomic mass is 10.0. The van der Waals surface area contributed by atoms with Crippen molar-refractivity contribution in [3.8, 4) is 17.2 Å². The highest BCUT2D eigenvalue weighted by Gasteiger charge is 2.16. The molecule has 0 unspecified atom stereocenters. The molecule has 1 aromatic carbocycles. The number of aromatic nitrogens is 6. The third-order valence-corrected chi connectivity index (χ3v) is 3.94. The van der Waals surface area contributed by atoms with E-state index >= 15 is 0 Å². The molecule has 0 amide bonds. The lowest BCUT2D eigenvalue weighted by molar-refractivity contribution is 0.0989. The third kappa shape index (κ3) is 2.79. The predicted molar refractivity (Wildman–Crippen MR) is 89.5 cm³/mol. The first-order chi connectivity index (χ1) is 12.2. The minimum absolute atomic E-state index is 0.0983. The number of aromatic amines is 2. The van der Waals surface area contributed by atoms with Crippen molar-refractivity contribution in [2.75, 3.05) is 0 Å². The minimum Gasteiger partial charge on any atom is -0.292 e. The number of benzene rings is 1. The second-order valence-corrected chi connectivity index (χ2v) is 5.62. The largest absolute Gasteiger partial charge is 0.292 e. The molecule has 25 heavy (non-hydrogen) atoms. The Balaban J connectivity index is 1.60. The molecule has 8 nitrogen and oxygen atoms in total. The van der Waals surface area contributed by atoms with Crippen molar-refractivity contribution in [1.82, 2.24) is 30.2 Å². The van der Waals surface area contributed by atoms with E-state index in [2.05, 4.69) is 25.5 Å². The number of rotatable bonds is 5. The minimum atomic E-state index is -0.0983. The van der Waals surface area contributed by atoms with Crippen LogP contribution in [0, 0.1) is 11.3 Å². The van der Waals surface area contributed by atoms with E-state index in [0.717, 1.165) is 27.6 Å². The van der Waals surface area contributed by atoms with Gasteiger partial charge in [0, 0.05) is 29.8 Å². The van der Waals surface area contributed by atoms with E-state index in [1.54, 1.807) is 18.6 Å². The molecule has 8 heteroatoms. The average Bonchev–Trinajstić information content (AvgIpc) is 3.35. The normalized spacial score (nSPS) is 10.8. The molecule has 0 radical (unpaired) electrons. The number of H-pyrrole nitrogens is 2. The highest BCUT2D eigenvalue weighted by molar-refractivity contribution is 6.07. The fraction of sp³-hybridized carbons (Fsp3) is 0.118. The fourth-order valence-corrected chi connectivity index (χ4v) is 2.75. The summed E-state index contributed by atoms with van der Waals surface area (Å²) in [5, 5.41) is 27.3. The lowest BCUT2D eigenvalue weighted by Crippen LogP contribution is -2.04. The number of hydrogen-bond acceptors (Lipinski definition) is 5. The highest BCUT2D eigenvalue weighted by atomic mass is 16.1. The van der Waals surface area contributed by atoms with Gasteiger partial charge < -0.3 is 0 Å². The molecule has 3 heterocycles. The van der Waals surface area contributed by atoms with Gasteiger partial charge in [0.15, 0.2) is 5.78 Å². The standard InChI is InChI=1S/C17H13N7O/c18-3-4-24-10-11(7-21-24)5-16(25)17-14-2-1-12(6-15(14)22-23-17)13-8-19-20-9-13/h1-2,6-10H,4-5H2,(H,19,20)(H,22,23). The molecule has 0 spiro atoms. The number of ketones is 1. The number of nitrogens with zero attached hydrogens (tertiary/aromatic N) is 5. The topological polar surface area (TPSA) is 116 Å². The molecule has 0 bridgehead atoms. The molecule has 3 aromatic heterocycles. The maximum absolute atomic E-state index is 12.6. The molecule has 0 aliphatic rings. The summed E-state index contributed by atoms with van der Waals surface area (Å²) in [5.41, 5.74) is 3.91. The van der Waals surface area contributed by atoms with E-state index in [4.69, 9.17) is 5.26 Å². The van der Waals surface area contributed by atoms with E-state index in [9.17, 15) is 4.79 Å². The molecule has 0 saturated carbocycles. The summed E-state index contributed by atoms with van der Waals surface area (Å²) in [7, 11) is 0. The predicted octanol–water partition coefficient (Wildman–Crippen LogP) is 2.10. The maximum atomic E-state index is 12.6. The van der Waals surface area contributed by atoms with Crippen molar-refractivity contribution in [3.05, 3.63) is 54.2 Å². The van der Waals surface area contributed by atoms with E-state index in [1.807, 2.05) is 30.5 Å². The van der Waals surface area contributed by atoms with Crippen LogP contribution in [-0.4, -0.2) is 36.0 Å². The van der Waals surface area contributed by atoms with Gasteiger partial charge >= 0.3 is 0 Å². The van der Waals surface area contributed by atoms with Gasteiger partial charge in [0.2, 0.25) is 0 Å². The maximum Gasteiger partial charge on any atom is 0.188 e. The van der Waals surface area contributed by atoms with Crippen LogP contribution in [0.5, 0.6) is 0 Å². The SMILES string of the molecule is N#CCn1cc(CC(=O)c2n[nH]c3cc(-c4cn[nH]c4)ccc23)cn1. The van der Waals surface area contributed by atoms with Crippen LogP contribution in [0.3, 0.4) is 0 Å². The van der Waals surface area contributed by atoms with Gasteiger partial charge in [-0.1, -0.05) is 6.07 Å². The van der Waals surface area contributed by atoms with Gasteiger partial charge in [0.1, 0.15) is 12.2 Å². The average molecular weight is 331 g/mol. The Morgan fingerprint density at radius 3 is 3.00 bits per heavy atom. The van der Waals surface area contributed by atoms with Gasteiger partial charge in [-0.3, -0.25) is 19.7 Å². The smallest absolute Gasteiger partial charge is 0.188 e. The molecule has 0 fully saturated rings. The van der Waals surface area contributed by atoms with Crippen molar-refractivity contribution >= 4 is 16.7 Å². The van der Waals surface area contributed by atoms with Gasteiger partial charge in [-0.25, -0.2) is 0 Å². The molecule has 0 saturated heterocycles. The fourth-order valence-electron chi connectivity index (χ4n) is 2.75. The molecule has 0 atom stereocenters. The number of hydrogen-bond donors (Lipinski definition) is 2. The molecule has 2 N–H and O–H groups in total. The second-order valence-electron chi connectivity index (χ2n) is 5.62. The number of carbonyl (C=O) groups is 1. The van der Waals surface area contributed by atoms with E-state index in [1.165, 1.54) is 4.68 Å². The summed E-state index contributed by atoms with van der Waals surface area (Å²) in [4.78, 5) is 12.6. The zero-order valence-corrected chi connectivity index (χ0v) is 13.1. The van der Waals surface area contributed by atoms with Gasteiger partial charge in [0.05, 0.1) is 24.0 Å². The number of nitrogens with one attached hydrogen (secondary N) is 2. The molecule has 4 rings (SSSR count). The van der Waals surface area contributed by atoms with Gasteiger partial charge in [-0.2, -0.15) is 20.6 Å². The van der Waals surface area contributed by atoms with Gasteiger partial charge in [0.25, 0.3) is 0 Å². The number of nitriles is 1. The van der Waals surface area contributed by atoms with Crippen molar-refractivity contribution in [2.45, 2.75) is 13.0 Å². The number of fused-ring (bicyclic) bond motifs is 1. The molecule has 0 aliphatic heterocycles. The first-order valence-corrected chi connectivity index (χ1v) is 7.63. The van der Waals surface area contributed by atoms with Gasteiger partial charge in [-0.15, -0.1) is 0 Å². The van der Waals surface area contributed by atoms with Crippen LogP contribution in [0.1, 0.15) is 16.1 Å². The summed E-state index contributed by atoms with van der Waals surface area (Å²) in [6.45, 7) is 0.163. The molecule has 4 aromatic rings. The molecular formula is C17H13N7O. The zero-order chi connectivity index (χ0) is 17.2.